The zero-order chi connectivity index (χ0) is 8.60. The van der Waals surface area contributed by atoms with Gasteiger partial charge in [0, 0.05) is 32.7 Å². The first kappa shape index (κ1) is 8.48. The van der Waals surface area contributed by atoms with Crippen LogP contribution >= 0.6 is 0 Å². The standard InChI is InChI=1S/C9H18N2O/c1-2-9(8-12)7-10-3-5-11(9)6-4-10/h12H,2-8H2,1H3. The average Bonchev–Trinajstić information content (AvgIpc) is 2.19. The van der Waals surface area contributed by atoms with Crippen molar-refractivity contribution >= 4 is 0 Å². The highest BCUT2D eigenvalue weighted by molar-refractivity contribution is 4.99. The second kappa shape index (κ2) is 2.98. The fourth-order valence-corrected chi connectivity index (χ4v) is 2.49. The van der Waals surface area contributed by atoms with Gasteiger partial charge in [0.15, 0.2) is 0 Å². The first-order valence-electron chi connectivity index (χ1n) is 4.89. The van der Waals surface area contributed by atoms with Gasteiger partial charge in [0.1, 0.15) is 0 Å². The molecule has 0 aromatic carbocycles. The van der Waals surface area contributed by atoms with E-state index in [1.165, 1.54) is 13.1 Å². The van der Waals surface area contributed by atoms with E-state index in [1.54, 1.807) is 0 Å². The van der Waals surface area contributed by atoms with Crippen LogP contribution in [0.15, 0.2) is 0 Å². The van der Waals surface area contributed by atoms with Gasteiger partial charge in [-0.05, 0) is 6.42 Å². The molecule has 12 heavy (non-hydrogen) atoms. The Morgan fingerprint density at radius 3 is 2.17 bits per heavy atom. The highest BCUT2D eigenvalue weighted by atomic mass is 16.3. The highest BCUT2D eigenvalue weighted by Gasteiger charge is 2.42. The quantitative estimate of drug-likeness (QED) is 0.619. The molecule has 1 unspecified atom stereocenters. The number of hydrogen-bond acceptors (Lipinski definition) is 3. The van der Waals surface area contributed by atoms with E-state index in [2.05, 4.69) is 16.7 Å². The van der Waals surface area contributed by atoms with Crippen molar-refractivity contribution in [1.82, 2.24) is 9.80 Å². The lowest BCUT2D eigenvalue weighted by Crippen LogP contribution is -2.69. The molecule has 0 aromatic rings. The minimum absolute atomic E-state index is 0.0938. The number of nitrogens with zero attached hydrogens (tertiary/aromatic N) is 2. The van der Waals surface area contributed by atoms with Gasteiger partial charge in [-0.1, -0.05) is 6.92 Å². The molecule has 0 aromatic heterocycles. The van der Waals surface area contributed by atoms with Gasteiger partial charge in [0.2, 0.25) is 0 Å². The van der Waals surface area contributed by atoms with E-state index >= 15 is 0 Å². The Balaban J connectivity index is 2.15. The number of aliphatic hydroxyl groups is 1. The molecule has 1 atom stereocenters. The molecule has 3 heterocycles. The summed E-state index contributed by atoms with van der Waals surface area (Å²) in [7, 11) is 0. The fraction of sp³-hybridized carbons (Fsp3) is 1.00. The summed E-state index contributed by atoms with van der Waals surface area (Å²) in [6.45, 7) is 8.25. The Kier molecular flexibility index (Phi) is 2.10. The lowest BCUT2D eigenvalue weighted by Gasteiger charge is -2.54. The molecule has 3 rings (SSSR count). The van der Waals surface area contributed by atoms with Crippen molar-refractivity contribution in [2.24, 2.45) is 0 Å². The Labute approximate surface area is 74.0 Å². The first-order chi connectivity index (χ1) is 5.80. The van der Waals surface area contributed by atoms with E-state index in [0.717, 1.165) is 26.1 Å². The maximum atomic E-state index is 9.40. The smallest absolute Gasteiger partial charge is 0.0627 e. The number of piperazine rings is 3. The molecule has 70 valence electrons. The summed E-state index contributed by atoms with van der Waals surface area (Å²) in [5, 5.41) is 9.40. The molecule has 0 radical (unpaired) electrons. The second-order valence-corrected chi connectivity index (χ2v) is 4.00. The Morgan fingerprint density at radius 1 is 1.25 bits per heavy atom. The van der Waals surface area contributed by atoms with Crippen molar-refractivity contribution in [3.63, 3.8) is 0 Å². The van der Waals surface area contributed by atoms with Crippen LogP contribution < -0.4 is 0 Å². The third-order valence-electron chi connectivity index (χ3n) is 3.51. The zero-order valence-corrected chi connectivity index (χ0v) is 7.79. The number of hydrogen-bond donors (Lipinski definition) is 1. The summed E-state index contributed by atoms with van der Waals surface area (Å²) in [4.78, 5) is 4.94. The van der Waals surface area contributed by atoms with Crippen LogP contribution in [0.4, 0.5) is 0 Å². The molecular formula is C9H18N2O. The van der Waals surface area contributed by atoms with Gasteiger partial charge in [-0.15, -0.1) is 0 Å². The van der Waals surface area contributed by atoms with Crippen LogP contribution in [0.25, 0.3) is 0 Å². The Hall–Kier alpha value is -0.120. The van der Waals surface area contributed by atoms with Gasteiger partial charge in [-0.25, -0.2) is 0 Å². The maximum absolute atomic E-state index is 9.40. The molecule has 0 saturated carbocycles. The summed E-state index contributed by atoms with van der Waals surface area (Å²) in [5.74, 6) is 0. The molecule has 1 N–H and O–H groups in total. The third-order valence-corrected chi connectivity index (χ3v) is 3.51. The molecule has 3 heteroatoms. The minimum atomic E-state index is 0.0938. The minimum Gasteiger partial charge on any atom is -0.394 e. The van der Waals surface area contributed by atoms with Gasteiger partial charge >= 0.3 is 0 Å². The number of aliphatic hydroxyl groups excluding tert-OH is 1. The van der Waals surface area contributed by atoms with Crippen LogP contribution in [0.1, 0.15) is 13.3 Å². The summed E-state index contributed by atoms with van der Waals surface area (Å²) in [5.41, 5.74) is 0.0938. The number of rotatable bonds is 2. The van der Waals surface area contributed by atoms with Crippen LogP contribution in [0.5, 0.6) is 0 Å². The van der Waals surface area contributed by atoms with E-state index in [4.69, 9.17) is 0 Å². The molecule has 3 saturated heterocycles. The lowest BCUT2D eigenvalue weighted by atomic mass is 9.89. The molecule has 0 amide bonds. The molecule has 3 nitrogen and oxygen atoms in total. The first-order valence-corrected chi connectivity index (χ1v) is 4.89. The summed E-state index contributed by atoms with van der Waals surface area (Å²) in [6.07, 6.45) is 1.07. The zero-order valence-electron chi connectivity index (χ0n) is 7.79. The van der Waals surface area contributed by atoms with Crippen molar-refractivity contribution in [1.29, 1.82) is 0 Å². The van der Waals surface area contributed by atoms with E-state index in [1.807, 2.05) is 0 Å². The highest BCUT2D eigenvalue weighted by Crippen LogP contribution is 2.28. The molecular weight excluding hydrogens is 152 g/mol. The van der Waals surface area contributed by atoms with E-state index in [0.29, 0.717) is 6.61 Å². The van der Waals surface area contributed by atoms with E-state index in [-0.39, 0.29) is 5.54 Å². The molecule has 2 bridgehead atoms. The average molecular weight is 170 g/mol. The van der Waals surface area contributed by atoms with Gasteiger partial charge in [-0.3, -0.25) is 9.80 Å². The topological polar surface area (TPSA) is 26.7 Å². The van der Waals surface area contributed by atoms with E-state index in [9.17, 15) is 5.11 Å². The Bertz CT molecular complexity index is 160. The maximum Gasteiger partial charge on any atom is 0.0627 e. The van der Waals surface area contributed by atoms with Crippen LogP contribution in [-0.4, -0.2) is 59.8 Å². The van der Waals surface area contributed by atoms with Gasteiger partial charge in [0.25, 0.3) is 0 Å². The van der Waals surface area contributed by atoms with Crippen molar-refractivity contribution in [2.45, 2.75) is 18.9 Å². The lowest BCUT2D eigenvalue weighted by molar-refractivity contribution is -0.0813. The van der Waals surface area contributed by atoms with Crippen molar-refractivity contribution in [3.05, 3.63) is 0 Å². The molecule has 0 spiro atoms. The van der Waals surface area contributed by atoms with Gasteiger partial charge in [0.05, 0.1) is 12.1 Å². The third kappa shape index (κ3) is 1.08. The summed E-state index contributed by atoms with van der Waals surface area (Å²) < 4.78 is 0. The van der Waals surface area contributed by atoms with E-state index < -0.39 is 0 Å². The second-order valence-electron chi connectivity index (χ2n) is 4.00. The van der Waals surface area contributed by atoms with Crippen LogP contribution in [-0.2, 0) is 0 Å². The SMILES string of the molecule is CCC1(CO)CN2CCN1CC2. The largest absolute Gasteiger partial charge is 0.394 e. The van der Waals surface area contributed by atoms with Crippen molar-refractivity contribution in [2.75, 3.05) is 39.3 Å². The normalized spacial score (nSPS) is 46.5. The van der Waals surface area contributed by atoms with Crippen LogP contribution in [0.2, 0.25) is 0 Å². The Morgan fingerprint density at radius 2 is 1.92 bits per heavy atom. The fourth-order valence-electron chi connectivity index (χ4n) is 2.49. The van der Waals surface area contributed by atoms with Crippen molar-refractivity contribution in [3.8, 4) is 0 Å². The summed E-state index contributed by atoms with van der Waals surface area (Å²) in [6, 6.07) is 0. The summed E-state index contributed by atoms with van der Waals surface area (Å²) >= 11 is 0. The molecule has 0 aliphatic carbocycles. The predicted octanol–water partition coefficient (Wildman–Crippen LogP) is -0.241. The van der Waals surface area contributed by atoms with Gasteiger partial charge < -0.3 is 5.11 Å². The predicted molar refractivity (Wildman–Crippen MR) is 48.1 cm³/mol. The molecule has 3 aliphatic rings. The molecule has 3 aliphatic heterocycles. The monoisotopic (exact) mass is 170 g/mol. The molecule has 3 fully saturated rings. The van der Waals surface area contributed by atoms with Crippen molar-refractivity contribution < 1.29 is 5.11 Å². The van der Waals surface area contributed by atoms with Crippen LogP contribution in [0.3, 0.4) is 0 Å². The number of fused-ring (bicyclic) bond motifs is 3. The van der Waals surface area contributed by atoms with Gasteiger partial charge in [-0.2, -0.15) is 0 Å². The van der Waals surface area contributed by atoms with Crippen LogP contribution in [0, 0.1) is 0 Å².